The summed E-state index contributed by atoms with van der Waals surface area (Å²) in [5, 5.41) is 9.47. The van der Waals surface area contributed by atoms with Gasteiger partial charge < -0.3 is 14.2 Å². The summed E-state index contributed by atoms with van der Waals surface area (Å²) in [7, 11) is 0. The maximum atomic E-state index is 9.42. The normalized spacial score (nSPS) is 13.4. The van der Waals surface area contributed by atoms with E-state index in [1.165, 1.54) is 54.4 Å². The number of ether oxygens (including phenoxy) is 1. The van der Waals surface area contributed by atoms with Crippen molar-refractivity contribution in [3.8, 4) is 28.4 Å². The van der Waals surface area contributed by atoms with E-state index in [2.05, 4.69) is 252 Å². The van der Waals surface area contributed by atoms with Crippen LogP contribution in [0.4, 0.5) is 11.4 Å². The molecule has 0 bridgehead atoms. The number of nitrogens with zero attached hydrogens (tertiary/aromatic N) is 4. The summed E-state index contributed by atoms with van der Waals surface area (Å²) in [5.41, 5.74) is 13.3. The van der Waals surface area contributed by atoms with Crippen molar-refractivity contribution >= 4 is 76.5 Å². The van der Waals surface area contributed by atoms with Gasteiger partial charge in [0.25, 0.3) is 0 Å². The monoisotopic (exact) mass is 968 g/mol. The van der Waals surface area contributed by atoms with Crippen LogP contribution < -0.4 is 9.64 Å². The first-order chi connectivity index (χ1) is 35.7. The van der Waals surface area contributed by atoms with E-state index in [0.717, 1.165) is 72.8 Å². The molecule has 0 saturated heterocycles. The zero-order valence-electron chi connectivity index (χ0n) is 45.7. The van der Waals surface area contributed by atoms with Gasteiger partial charge in [0, 0.05) is 52.5 Å². The highest BCUT2D eigenvalue weighted by molar-refractivity contribution is 6.22. The lowest BCUT2D eigenvalue weighted by Crippen LogP contribution is -2.16. The molecule has 11 aromatic rings. The molecule has 0 radical (unpaired) electrons. The van der Waals surface area contributed by atoms with E-state index < -0.39 is 5.89 Å². The van der Waals surface area contributed by atoms with Crippen molar-refractivity contribution in [3.63, 3.8) is 0 Å². The van der Waals surface area contributed by atoms with Crippen LogP contribution in [0.25, 0.3) is 82.1 Å². The van der Waals surface area contributed by atoms with Crippen LogP contribution in [0.15, 0.2) is 182 Å². The number of para-hydroxylation sites is 2. The third kappa shape index (κ3) is 8.05. The standard InChI is InChI=1S/C69H66N4O/c1-43(2)44-34-45(36-47(35-44)68(6,7)8)59-37-48(69(9,10)11)38-60-55-25-15-13-23-53(55)52-22-12-14-24-54(52)58-27-19-29-62-66(58)72(65(59)60)42-71(62)49-20-18-21-50(40-49)74-51-30-31-57-56-26-16-17-28-61(56)73(63(57)41-51)64-39-46(32-33-70-64)67(3,4)5/h12-41,43H,42H2,1-11H3/i43D. The molecule has 8 aromatic carbocycles. The van der Waals surface area contributed by atoms with Crippen LogP contribution in [0.1, 0.15) is 106 Å². The van der Waals surface area contributed by atoms with Gasteiger partial charge in [0.1, 0.15) is 24.0 Å². The van der Waals surface area contributed by atoms with E-state index in [1.807, 2.05) is 20.0 Å². The second-order valence-electron chi connectivity index (χ2n) is 23.8. The molecule has 0 spiro atoms. The Balaban J connectivity index is 1.09. The SMILES string of the molecule is [2H]C(C)(C)c1cc(-c2cc(C(C)(C)C)cc3c4ccccc4c4ccccc4c4cccc5c4n(c23)CN5c2cccc(Oc3ccc4c5ccccc5n(-c5cc(C(C)(C)C)ccn5)c4c3)c2)cc(C(C)(C)C)c1. The number of benzene rings is 8. The minimum Gasteiger partial charge on any atom is -0.457 e. The number of anilines is 2. The molecule has 368 valence electrons. The first kappa shape index (κ1) is 45.9. The van der Waals surface area contributed by atoms with Crippen molar-refractivity contribution in [2.45, 2.75) is 105 Å². The van der Waals surface area contributed by atoms with Crippen molar-refractivity contribution in [2.24, 2.45) is 0 Å². The van der Waals surface area contributed by atoms with Crippen molar-refractivity contribution < 1.29 is 6.11 Å². The first-order valence-corrected chi connectivity index (χ1v) is 26.2. The van der Waals surface area contributed by atoms with Gasteiger partial charge in [-0.1, -0.05) is 179 Å². The maximum Gasteiger partial charge on any atom is 0.137 e. The Morgan fingerprint density at radius 1 is 0.486 bits per heavy atom. The van der Waals surface area contributed by atoms with Gasteiger partial charge in [-0.25, -0.2) is 4.98 Å². The molecule has 74 heavy (non-hydrogen) atoms. The largest absolute Gasteiger partial charge is 0.457 e. The van der Waals surface area contributed by atoms with E-state index in [9.17, 15) is 1.37 Å². The average Bonchev–Trinajstić information content (AvgIpc) is 3.96. The molecule has 0 fully saturated rings. The summed E-state index contributed by atoms with van der Waals surface area (Å²) in [4.78, 5) is 7.38. The van der Waals surface area contributed by atoms with E-state index in [0.29, 0.717) is 6.67 Å². The fourth-order valence-corrected chi connectivity index (χ4v) is 11.3. The van der Waals surface area contributed by atoms with Crippen LogP contribution in [0.3, 0.4) is 0 Å². The summed E-state index contributed by atoms with van der Waals surface area (Å²) in [6.45, 7) is 25.1. The van der Waals surface area contributed by atoms with Gasteiger partial charge in [-0.2, -0.15) is 0 Å². The topological polar surface area (TPSA) is 35.2 Å². The molecule has 0 N–H and O–H groups in total. The second kappa shape index (κ2) is 17.4. The van der Waals surface area contributed by atoms with Crippen molar-refractivity contribution in [3.05, 3.63) is 204 Å². The van der Waals surface area contributed by atoms with E-state index in [4.69, 9.17) is 9.72 Å². The molecule has 0 unspecified atom stereocenters. The summed E-state index contributed by atoms with van der Waals surface area (Å²) in [5.74, 6) is 1.57. The second-order valence-corrected chi connectivity index (χ2v) is 23.8. The smallest absolute Gasteiger partial charge is 0.137 e. The Bertz CT molecular complexity index is 4150. The average molecular weight is 968 g/mol. The van der Waals surface area contributed by atoms with Gasteiger partial charge in [-0.05, 0) is 132 Å². The molecule has 5 heteroatoms. The number of aromatic nitrogens is 3. The van der Waals surface area contributed by atoms with Gasteiger partial charge in [0.2, 0.25) is 0 Å². The van der Waals surface area contributed by atoms with Gasteiger partial charge in [-0.15, -0.1) is 0 Å². The number of fused-ring (bicyclic) bond motifs is 10. The molecular formula is C69H66N4O. The van der Waals surface area contributed by atoms with Gasteiger partial charge in [0.05, 0.1) is 27.8 Å². The van der Waals surface area contributed by atoms with Crippen molar-refractivity contribution in [2.75, 3.05) is 4.90 Å². The lowest BCUT2D eigenvalue weighted by Gasteiger charge is -2.26. The molecule has 1 aliphatic rings. The minimum atomic E-state index is -0.811. The Kier molecular flexibility index (Phi) is 10.8. The molecular weight excluding hydrogens is 901 g/mol. The number of hydrogen-bond donors (Lipinski definition) is 0. The summed E-state index contributed by atoms with van der Waals surface area (Å²) in [6.07, 6.45) is 1.93. The van der Waals surface area contributed by atoms with Crippen LogP contribution in [-0.2, 0) is 22.9 Å². The van der Waals surface area contributed by atoms with E-state index in [1.54, 1.807) is 0 Å². The van der Waals surface area contributed by atoms with E-state index >= 15 is 0 Å². The predicted molar refractivity (Wildman–Crippen MR) is 315 cm³/mol. The Morgan fingerprint density at radius 2 is 1.08 bits per heavy atom. The van der Waals surface area contributed by atoms with Crippen LogP contribution in [0, 0.1) is 0 Å². The predicted octanol–water partition coefficient (Wildman–Crippen LogP) is 19.3. The highest BCUT2D eigenvalue weighted by atomic mass is 16.5. The molecule has 12 rings (SSSR count). The van der Waals surface area contributed by atoms with Gasteiger partial charge in [-0.3, -0.25) is 4.57 Å². The van der Waals surface area contributed by atoms with Crippen molar-refractivity contribution in [1.29, 1.82) is 0 Å². The molecule has 4 heterocycles. The van der Waals surface area contributed by atoms with Crippen LogP contribution in [-0.4, -0.2) is 14.1 Å². The first-order valence-electron chi connectivity index (χ1n) is 26.7. The fraction of sp³-hybridized carbons (Fsp3) is 0.232. The molecule has 0 saturated carbocycles. The number of pyridine rings is 1. The van der Waals surface area contributed by atoms with Crippen molar-refractivity contribution in [1.82, 2.24) is 14.1 Å². The van der Waals surface area contributed by atoms with Gasteiger partial charge in [0.15, 0.2) is 0 Å². The number of rotatable bonds is 6. The Labute approximate surface area is 437 Å². The molecule has 0 amide bonds. The third-order valence-corrected chi connectivity index (χ3v) is 15.4. The van der Waals surface area contributed by atoms with Crippen LogP contribution in [0.2, 0.25) is 0 Å². The molecule has 1 aliphatic heterocycles. The fourth-order valence-electron chi connectivity index (χ4n) is 11.3. The summed E-state index contributed by atoms with van der Waals surface area (Å²) in [6, 6.07) is 64.4. The Hall–Kier alpha value is -7.89. The third-order valence-electron chi connectivity index (χ3n) is 15.4. The lowest BCUT2D eigenvalue weighted by atomic mass is 9.80. The molecule has 0 aliphatic carbocycles. The van der Waals surface area contributed by atoms with Crippen LogP contribution >= 0.6 is 0 Å². The quantitative estimate of drug-likeness (QED) is 0.167. The maximum absolute atomic E-state index is 9.42. The zero-order chi connectivity index (χ0) is 52.3. The highest BCUT2D eigenvalue weighted by Crippen LogP contribution is 2.47. The minimum absolute atomic E-state index is 0.0288. The van der Waals surface area contributed by atoms with Gasteiger partial charge >= 0.3 is 0 Å². The molecule has 5 nitrogen and oxygen atoms in total. The Morgan fingerprint density at radius 3 is 1.77 bits per heavy atom. The lowest BCUT2D eigenvalue weighted by molar-refractivity contribution is 0.483. The van der Waals surface area contributed by atoms with E-state index in [-0.39, 0.29) is 16.2 Å². The zero-order valence-corrected chi connectivity index (χ0v) is 44.7. The summed E-state index contributed by atoms with van der Waals surface area (Å²) >= 11 is 0. The number of hydrogen-bond acceptors (Lipinski definition) is 3. The van der Waals surface area contributed by atoms with Crippen LogP contribution in [0.5, 0.6) is 11.5 Å². The highest BCUT2D eigenvalue weighted by Gasteiger charge is 2.28. The summed E-state index contributed by atoms with van der Waals surface area (Å²) < 4.78 is 21.2. The molecule has 3 aromatic heterocycles. The molecule has 0 atom stereocenters.